The molecule has 2 saturated heterocycles. The predicted octanol–water partition coefficient (Wildman–Crippen LogP) is 0.946. The number of rotatable bonds is 7. The highest BCUT2D eigenvalue weighted by Gasteiger charge is 2.35. The van der Waals surface area contributed by atoms with E-state index in [9.17, 15) is 23.3 Å². The largest absolute Gasteiger partial charge is 0.379 e. The molecule has 0 spiro atoms. The van der Waals surface area contributed by atoms with Crippen molar-refractivity contribution in [2.75, 3.05) is 50.9 Å². The fourth-order valence-electron chi connectivity index (χ4n) is 3.65. The summed E-state index contributed by atoms with van der Waals surface area (Å²) in [5.74, 6) is -0.215. The molecule has 0 aliphatic carbocycles. The van der Waals surface area contributed by atoms with Gasteiger partial charge in [0.15, 0.2) is 9.84 Å². The van der Waals surface area contributed by atoms with Gasteiger partial charge in [-0.15, -0.1) is 0 Å². The van der Waals surface area contributed by atoms with Crippen molar-refractivity contribution in [3.63, 3.8) is 0 Å². The average Bonchev–Trinajstić information content (AvgIpc) is 3.05. The maximum Gasteiger partial charge on any atom is 0.269 e. The third-order valence-electron chi connectivity index (χ3n) is 5.21. The molecule has 3 rings (SSSR count). The van der Waals surface area contributed by atoms with Crippen LogP contribution in [0.1, 0.15) is 23.2 Å². The lowest BCUT2D eigenvalue weighted by Crippen LogP contribution is -2.43. The second-order valence-corrected chi connectivity index (χ2v) is 9.40. The summed E-state index contributed by atoms with van der Waals surface area (Å²) in [5.41, 5.74) is 0.250. The minimum absolute atomic E-state index is 0.0245. The molecule has 1 atom stereocenters. The number of nitro benzene ring substituents is 1. The first-order valence-electron chi connectivity index (χ1n) is 9.42. The van der Waals surface area contributed by atoms with E-state index in [2.05, 4.69) is 4.90 Å². The molecule has 10 heteroatoms. The lowest BCUT2D eigenvalue weighted by atomic mass is 10.1. The molecule has 2 heterocycles. The molecule has 0 N–H and O–H groups in total. The van der Waals surface area contributed by atoms with Crippen LogP contribution in [0.25, 0.3) is 0 Å². The lowest BCUT2D eigenvalue weighted by Gasteiger charge is -2.31. The van der Waals surface area contributed by atoms with Crippen molar-refractivity contribution >= 4 is 21.4 Å². The minimum Gasteiger partial charge on any atom is -0.379 e. The van der Waals surface area contributed by atoms with E-state index in [1.165, 1.54) is 24.3 Å². The summed E-state index contributed by atoms with van der Waals surface area (Å²) >= 11 is 0. The number of nitrogens with zero attached hydrogens (tertiary/aromatic N) is 3. The normalized spacial score (nSPS) is 22.1. The Morgan fingerprint density at radius 1 is 1.25 bits per heavy atom. The number of non-ortho nitro benzene ring substituents is 1. The van der Waals surface area contributed by atoms with E-state index in [0.29, 0.717) is 31.7 Å². The molecular formula is C18H25N3O6S. The molecule has 1 unspecified atom stereocenters. The van der Waals surface area contributed by atoms with Gasteiger partial charge in [-0.1, -0.05) is 0 Å². The van der Waals surface area contributed by atoms with Crippen LogP contribution in [0.3, 0.4) is 0 Å². The average molecular weight is 411 g/mol. The van der Waals surface area contributed by atoms with Crippen molar-refractivity contribution in [1.29, 1.82) is 0 Å². The van der Waals surface area contributed by atoms with Crippen LogP contribution in [0.5, 0.6) is 0 Å². The number of amides is 1. The molecule has 1 amide bonds. The SMILES string of the molecule is O=C(c1ccc([N+](=O)[O-])cc1)N(CCCN1CCOCC1)C1CCS(=O)(=O)C1. The van der Waals surface area contributed by atoms with Crippen LogP contribution in [0.4, 0.5) is 5.69 Å². The molecule has 9 nitrogen and oxygen atoms in total. The van der Waals surface area contributed by atoms with Crippen molar-refractivity contribution < 1.29 is 22.9 Å². The zero-order valence-corrected chi connectivity index (χ0v) is 16.5. The molecule has 1 aromatic carbocycles. The number of hydrogen-bond donors (Lipinski definition) is 0. The van der Waals surface area contributed by atoms with Crippen LogP contribution in [0.2, 0.25) is 0 Å². The van der Waals surface area contributed by atoms with Crippen molar-refractivity contribution in [3.05, 3.63) is 39.9 Å². The smallest absolute Gasteiger partial charge is 0.269 e. The monoisotopic (exact) mass is 411 g/mol. The van der Waals surface area contributed by atoms with Crippen LogP contribution >= 0.6 is 0 Å². The van der Waals surface area contributed by atoms with Gasteiger partial charge in [0.2, 0.25) is 0 Å². The number of hydrogen-bond acceptors (Lipinski definition) is 7. The maximum absolute atomic E-state index is 13.0. The molecule has 0 radical (unpaired) electrons. The number of carbonyl (C=O) groups excluding carboxylic acids is 1. The molecule has 0 bridgehead atoms. The van der Waals surface area contributed by atoms with E-state index < -0.39 is 14.8 Å². The summed E-state index contributed by atoms with van der Waals surface area (Å²) in [4.78, 5) is 27.2. The molecule has 154 valence electrons. The van der Waals surface area contributed by atoms with Crippen molar-refractivity contribution in [2.45, 2.75) is 18.9 Å². The molecule has 2 fully saturated rings. The highest BCUT2D eigenvalue weighted by molar-refractivity contribution is 7.91. The summed E-state index contributed by atoms with van der Waals surface area (Å²) < 4.78 is 29.2. The first kappa shape index (κ1) is 20.7. The van der Waals surface area contributed by atoms with Gasteiger partial charge >= 0.3 is 0 Å². The number of carbonyl (C=O) groups is 1. The Balaban J connectivity index is 1.69. The number of nitro groups is 1. The van der Waals surface area contributed by atoms with Gasteiger partial charge in [-0.25, -0.2) is 8.42 Å². The van der Waals surface area contributed by atoms with Crippen LogP contribution in [-0.2, 0) is 14.6 Å². The maximum atomic E-state index is 13.0. The number of ether oxygens (including phenoxy) is 1. The first-order chi connectivity index (χ1) is 13.4. The van der Waals surface area contributed by atoms with Gasteiger partial charge in [0.05, 0.1) is 29.6 Å². The van der Waals surface area contributed by atoms with Crippen LogP contribution in [0, 0.1) is 10.1 Å². The Kier molecular flexibility index (Phi) is 6.63. The van der Waals surface area contributed by atoms with Crippen LogP contribution in [0.15, 0.2) is 24.3 Å². The fraction of sp³-hybridized carbons (Fsp3) is 0.611. The summed E-state index contributed by atoms with van der Waals surface area (Å²) in [6.45, 7) is 4.38. The molecule has 1 aromatic rings. The van der Waals surface area contributed by atoms with Gasteiger partial charge in [0, 0.05) is 49.9 Å². The van der Waals surface area contributed by atoms with Gasteiger partial charge in [0.1, 0.15) is 0 Å². The Bertz CT molecular complexity index is 805. The van der Waals surface area contributed by atoms with E-state index in [-0.39, 0.29) is 29.1 Å². The summed E-state index contributed by atoms with van der Waals surface area (Å²) in [6, 6.07) is 5.10. The second kappa shape index (κ2) is 8.97. The summed E-state index contributed by atoms with van der Waals surface area (Å²) in [5, 5.41) is 10.8. The van der Waals surface area contributed by atoms with Crippen LogP contribution in [-0.4, -0.2) is 86.0 Å². The number of benzene rings is 1. The standard InChI is InChI=1S/C18H25N3O6S/c22-18(15-2-4-16(5-3-15)21(23)24)20(17-6-13-28(25,26)14-17)8-1-7-19-9-11-27-12-10-19/h2-5,17H,1,6-14H2. The molecule has 0 saturated carbocycles. The Morgan fingerprint density at radius 3 is 2.50 bits per heavy atom. The molecular weight excluding hydrogens is 386 g/mol. The topological polar surface area (TPSA) is 110 Å². The van der Waals surface area contributed by atoms with Crippen molar-refractivity contribution in [3.8, 4) is 0 Å². The highest BCUT2D eigenvalue weighted by atomic mass is 32.2. The van der Waals surface area contributed by atoms with Gasteiger partial charge in [-0.05, 0) is 25.0 Å². The zero-order chi connectivity index (χ0) is 20.1. The number of morpholine rings is 1. The van der Waals surface area contributed by atoms with E-state index >= 15 is 0 Å². The highest BCUT2D eigenvalue weighted by Crippen LogP contribution is 2.21. The number of sulfone groups is 1. The van der Waals surface area contributed by atoms with E-state index in [4.69, 9.17) is 4.74 Å². The minimum atomic E-state index is -3.13. The fourth-order valence-corrected chi connectivity index (χ4v) is 5.38. The van der Waals surface area contributed by atoms with Crippen molar-refractivity contribution in [2.24, 2.45) is 0 Å². The predicted molar refractivity (Wildman–Crippen MR) is 103 cm³/mol. The molecule has 2 aliphatic heterocycles. The quantitative estimate of drug-likeness (QED) is 0.485. The van der Waals surface area contributed by atoms with Gasteiger partial charge in [0.25, 0.3) is 11.6 Å². The lowest BCUT2D eigenvalue weighted by molar-refractivity contribution is -0.384. The Hall–Kier alpha value is -2.04. The zero-order valence-electron chi connectivity index (χ0n) is 15.7. The van der Waals surface area contributed by atoms with Gasteiger partial charge in [-0.3, -0.25) is 19.8 Å². The van der Waals surface area contributed by atoms with Crippen molar-refractivity contribution in [1.82, 2.24) is 9.80 Å². The van der Waals surface area contributed by atoms with E-state index in [0.717, 1.165) is 26.1 Å². The molecule has 0 aromatic heterocycles. The van der Waals surface area contributed by atoms with E-state index in [1.807, 2.05) is 0 Å². The second-order valence-electron chi connectivity index (χ2n) is 7.17. The van der Waals surface area contributed by atoms with E-state index in [1.54, 1.807) is 4.90 Å². The summed E-state index contributed by atoms with van der Waals surface area (Å²) in [7, 11) is -3.13. The molecule has 2 aliphatic rings. The first-order valence-corrected chi connectivity index (χ1v) is 11.2. The molecule has 28 heavy (non-hydrogen) atoms. The Morgan fingerprint density at radius 2 is 1.93 bits per heavy atom. The third-order valence-corrected chi connectivity index (χ3v) is 6.96. The van der Waals surface area contributed by atoms with Gasteiger partial charge in [-0.2, -0.15) is 0 Å². The Labute approximate surface area is 164 Å². The van der Waals surface area contributed by atoms with Crippen LogP contribution < -0.4 is 0 Å². The third kappa shape index (κ3) is 5.27. The summed E-state index contributed by atoms with van der Waals surface area (Å²) in [6.07, 6.45) is 1.16. The van der Waals surface area contributed by atoms with Gasteiger partial charge < -0.3 is 9.64 Å².